The van der Waals surface area contributed by atoms with Gasteiger partial charge >= 0.3 is 12.2 Å². The lowest BCUT2D eigenvalue weighted by Crippen LogP contribution is -2.28. The highest BCUT2D eigenvalue weighted by molar-refractivity contribution is 6.07. The summed E-state index contributed by atoms with van der Waals surface area (Å²) in [5, 5.41) is 15.5. The molecule has 2 fully saturated rings. The number of ether oxygens (including phenoxy) is 3. The van der Waals surface area contributed by atoms with Crippen molar-refractivity contribution in [2.24, 2.45) is 5.92 Å². The molecule has 294 valence electrons. The molecule has 7 rings (SSSR count). The number of benzene rings is 3. The first-order valence-corrected chi connectivity index (χ1v) is 18.9. The van der Waals surface area contributed by atoms with Gasteiger partial charge in [0.05, 0.1) is 17.1 Å². The number of carbonyl (C=O) groups is 2. The normalized spacial score (nSPS) is 14.2. The summed E-state index contributed by atoms with van der Waals surface area (Å²) in [5.41, 5.74) is 4.17. The van der Waals surface area contributed by atoms with Gasteiger partial charge in [0.2, 0.25) is 5.91 Å². The second kappa shape index (κ2) is 20.2. The van der Waals surface area contributed by atoms with Crippen LogP contribution in [0.4, 0.5) is 22.1 Å². The lowest BCUT2D eigenvalue weighted by atomic mass is 9.92. The van der Waals surface area contributed by atoms with E-state index in [9.17, 15) is 9.59 Å². The number of carbonyl (C=O) groups excluding carboxylic acids is 4. The number of anilines is 3. The SMILES string of the molecule is C1CCOCC1.Cc1ccc(-n2nc(C(C)(C)C)cc2NC(=O)Nc2ccc(OCc3ccnc(NC(=O)C4CCOCC4)c3)c3ccccc23)cc1.O=C=O. The van der Waals surface area contributed by atoms with Crippen LogP contribution in [0.5, 0.6) is 5.75 Å². The summed E-state index contributed by atoms with van der Waals surface area (Å²) in [4.78, 5) is 46.6. The zero-order valence-corrected chi connectivity index (χ0v) is 32.4. The van der Waals surface area contributed by atoms with Crippen molar-refractivity contribution < 1.29 is 33.4 Å². The molecule has 5 aromatic rings. The van der Waals surface area contributed by atoms with Crippen molar-refractivity contribution in [2.75, 3.05) is 42.4 Å². The van der Waals surface area contributed by atoms with Crippen molar-refractivity contribution in [3.05, 3.63) is 102 Å². The number of pyridine rings is 1. The molecule has 0 bridgehead atoms. The molecule has 2 aliphatic rings. The number of urea groups is 1. The largest absolute Gasteiger partial charge is 0.488 e. The minimum atomic E-state index is -0.385. The molecule has 2 saturated heterocycles. The Labute approximate surface area is 327 Å². The van der Waals surface area contributed by atoms with Gasteiger partial charge in [0, 0.05) is 60.8 Å². The van der Waals surface area contributed by atoms with Crippen LogP contribution < -0.4 is 20.7 Å². The summed E-state index contributed by atoms with van der Waals surface area (Å²) in [6.07, 6.45) is 7.27. The van der Waals surface area contributed by atoms with Crippen LogP contribution in [0.1, 0.15) is 69.7 Å². The molecule has 0 unspecified atom stereocenters. The van der Waals surface area contributed by atoms with Gasteiger partial charge in [-0.2, -0.15) is 14.7 Å². The zero-order valence-electron chi connectivity index (χ0n) is 32.4. The summed E-state index contributed by atoms with van der Waals surface area (Å²) in [5.74, 6) is 1.63. The molecule has 3 amide bonds. The van der Waals surface area contributed by atoms with Gasteiger partial charge < -0.3 is 24.8 Å². The van der Waals surface area contributed by atoms with Crippen LogP contribution in [0.25, 0.3) is 16.5 Å². The molecule has 0 saturated carbocycles. The Balaban J connectivity index is 0.000000594. The molecule has 2 aromatic heterocycles. The van der Waals surface area contributed by atoms with E-state index in [2.05, 4.69) is 41.7 Å². The number of aromatic nitrogens is 3. The van der Waals surface area contributed by atoms with E-state index in [1.165, 1.54) is 19.3 Å². The van der Waals surface area contributed by atoms with Crippen LogP contribution in [-0.4, -0.2) is 59.3 Å². The van der Waals surface area contributed by atoms with E-state index in [4.69, 9.17) is 28.9 Å². The molecule has 0 atom stereocenters. The van der Waals surface area contributed by atoms with Gasteiger partial charge in [-0.15, -0.1) is 0 Å². The van der Waals surface area contributed by atoms with Crippen molar-refractivity contribution in [1.82, 2.24) is 14.8 Å². The fourth-order valence-electron chi connectivity index (χ4n) is 6.16. The number of fused-ring (bicyclic) bond motifs is 1. The van der Waals surface area contributed by atoms with Gasteiger partial charge in [-0.25, -0.2) is 14.5 Å². The molecule has 0 aliphatic carbocycles. The van der Waals surface area contributed by atoms with Gasteiger partial charge in [0.1, 0.15) is 24.0 Å². The monoisotopic (exact) mass is 762 g/mol. The number of hydrogen-bond donors (Lipinski definition) is 3. The molecule has 0 radical (unpaired) electrons. The molecule has 3 aromatic carbocycles. The number of hydrogen-bond acceptors (Lipinski definition) is 9. The Hall–Kier alpha value is -5.88. The van der Waals surface area contributed by atoms with Crippen LogP contribution in [0.2, 0.25) is 0 Å². The van der Waals surface area contributed by atoms with Crippen molar-refractivity contribution in [1.29, 1.82) is 0 Å². The summed E-state index contributed by atoms with van der Waals surface area (Å²) in [6, 6.07) is 24.7. The van der Waals surface area contributed by atoms with Crippen molar-refractivity contribution >= 4 is 46.2 Å². The average molecular weight is 763 g/mol. The molecule has 56 heavy (non-hydrogen) atoms. The van der Waals surface area contributed by atoms with Crippen molar-refractivity contribution in [2.45, 2.75) is 71.8 Å². The first kappa shape index (κ1) is 41.3. The van der Waals surface area contributed by atoms with E-state index in [-0.39, 0.29) is 36.0 Å². The average Bonchev–Trinajstić information content (AvgIpc) is 3.64. The smallest absolute Gasteiger partial charge is 0.373 e. The zero-order chi connectivity index (χ0) is 39.9. The second-order valence-electron chi connectivity index (χ2n) is 14.6. The predicted molar refractivity (Wildman–Crippen MR) is 214 cm³/mol. The molecule has 3 N–H and O–H groups in total. The molecular weight excluding hydrogens is 713 g/mol. The summed E-state index contributed by atoms with van der Waals surface area (Å²) < 4.78 is 18.4. The lowest BCUT2D eigenvalue weighted by molar-refractivity contribution is -0.191. The van der Waals surface area contributed by atoms with Crippen LogP contribution >= 0.6 is 0 Å². The van der Waals surface area contributed by atoms with E-state index in [0.29, 0.717) is 49.1 Å². The Morgan fingerprint density at radius 1 is 0.839 bits per heavy atom. The highest BCUT2D eigenvalue weighted by atomic mass is 16.5. The third kappa shape index (κ3) is 11.8. The molecular formula is C43H50N6O7. The summed E-state index contributed by atoms with van der Waals surface area (Å²) >= 11 is 0. The van der Waals surface area contributed by atoms with E-state index < -0.39 is 0 Å². The maximum atomic E-state index is 13.4. The number of nitrogens with zero attached hydrogens (tertiary/aromatic N) is 3. The van der Waals surface area contributed by atoms with E-state index in [1.807, 2.05) is 85.8 Å². The molecule has 13 nitrogen and oxygen atoms in total. The topological polar surface area (TPSA) is 163 Å². The fraction of sp³-hybridized carbons (Fsp3) is 0.372. The van der Waals surface area contributed by atoms with Gasteiger partial charge in [0.15, 0.2) is 0 Å². The van der Waals surface area contributed by atoms with E-state index in [1.54, 1.807) is 10.9 Å². The van der Waals surface area contributed by atoms with Crippen LogP contribution in [0.3, 0.4) is 0 Å². The molecule has 13 heteroatoms. The van der Waals surface area contributed by atoms with E-state index in [0.717, 1.165) is 46.5 Å². The molecule has 2 aliphatic heterocycles. The number of nitrogens with one attached hydrogen (secondary N) is 3. The highest BCUT2D eigenvalue weighted by Gasteiger charge is 2.23. The number of aryl methyl sites for hydroxylation is 1. The maximum absolute atomic E-state index is 13.4. The third-order valence-electron chi connectivity index (χ3n) is 9.27. The highest BCUT2D eigenvalue weighted by Crippen LogP contribution is 2.33. The van der Waals surface area contributed by atoms with Crippen LogP contribution in [0, 0.1) is 12.8 Å². The Morgan fingerprint density at radius 2 is 1.52 bits per heavy atom. The van der Waals surface area contributed by atoms with Crippen molar-refractivity contribution in [3.63, 3.8) is 0 Å². The molecule has 4 heterocycles. The standard InChI is InChI=1S/C37H40N6O4.C5H10O.CO2/c1-24-9-11-27(12-10-24)43-34(22-32(42-43)37(2,3)4)41-36(45)39-30-13-14-31(29-8-6-5-7-28(29)30)47-23-25-15-18-38-33(21-25)40-35(44)26-16-19-46-20-17-26;1-2-4-6-5-3-1;2-1-3/h5-15,18,21-22,26H,16-17,19-20,23H2,1-4H3,(H,38,40,44)(H2,39,41,45);1-5H2;. The van der Waals surface area contributed by atoms with Gasteiger partial charge in [-0.3, -0.25) is 10.1 Å². The third-order valence-corrected chi connectivity index (χ3v) is 9.27. The first-order valence-electron chi connectivity index (χ1n) is 18.9. The first-order chi connectivity index (χ1) is 27.0. The summed E-state index contributed by atoms with van der Waals surface area (Å²) in [7, 11) is 0. The Bertz CT molecular complexity index is 2080. The fourth-order valence-corrected chi connectivity index (χ4v) is 6.16. The van der Waals surface area contributed by atoms with Crippen LogP contribution in [0.15, 0.2) is 85.1 Å². The maximum Gasteiger partial charge on any atom is 0.373 e. The minimum absolute atomic E-state index is 0.0359. The second-order valence-corrected chi connectivity index (χ2v) is 14.6. The predicted octanol–water partition coefficient (Wildman–Crippen LogP) is 8.22. The van der Waals surface area contributed by atoms with Crippen LogP contribution in [-0.2, 0) is 35.9 Å². The Kier molecular flexibility index (Phi) is 14.9. The minimum Gasteiger partial charge on any atom is -0.488 e. The van der Waals surface area contributed by atoms with E-state index >= 15 is 0 Å². The quantitative estimate of drug-likeness (QED) is 0.141. The van der Waals surface area contributed by atoms with Gasteiger partial charge in [-0.1, -0.05) is 62.7 Å². The molecule has 0 spiro atoms. The number of rotatable bonds is 8. The van der Waals surface area contributed by atoms with Gasteiger partial charge in [0.25, 0.3) is 0 Å². The van der Waals surface area contributed by atoms with Gasteiger partial charge in [-0.05, 0) is 81.0 Å². The Morgan fingerprint density at radius 3 is 2.16 bits per heavy atom. The number of amides is 3. The van der Waals surface area contributed by atoms with Crippen molar-refractivity contribution in [3.8, 4) is 11.4 Å². The lowest BCUT2D eigenvalue weighted by Gasteiger charge is -2.21. The summed E-state index contributed by atoms with van der Waals surface area (Å²) in [6.45, 7) is 11.8.